The summed E-state index contributed by atoms with van der Waals surface area (Å²) in [5, 5.41) is 9.74. The number of fused-ring (bicyclic) bond motifs is 1. The third-order valence-electron chi connectivity index (χ3n) is 3.18. The van der Waals surface area contributed by atoms with Crippen molar-refractivity contribution < 1.29 is 9.59 Å². The first-order valence-electron chi connectivity index (χ1n) is 6.56. The normalized spacial score (nSPS) is 14.0. The van der Waals surface area contributed by atoms with Gasteiger partial charge in [-0.25, -0.2) is 0 Å². The van der Waals surface area contributed by atoms with Crippen molar-refractivity contribution in [2.24, 2.45) is 0 Å². The van der Waals surface area contributed by atoms with Crippen LogP contribution >= 0.6 is 15.9 Å². The van der Waals surface area contributed by atoms with Gasteiger partial charge in [0.1, 0.15) is 5.69 Å². The molecular weight excluding hydrogens is 336 g/mol. The van der Waals surface area contributed by atoms with Crippen molar-refractivity contribution in [1.29, 1.82) is 0 Å². The molecule has 6 nitrogen and oxygen atoms in total. The molecule has 21 heavy (non-hydrogen) atoms. The van der Waals surface area contributed by atoms with E-state index in [0.29, 0.717) is 24.5 Å². The summed E-state index contributed by atoms with van der Waals surface area (Å²) in [6, 6.07) is 8.77. The Labute approximate surface area is 129 Å². The van der Waals surface area contributed by atoms with Gasteiger partial charge < -0.3 is 10.6 Å². The number of hydrogen-bond donors (Lipinski definition) is 2. The summed E-state index contributed by atoms with van der Waals surface area (Å²) >= 11 is 3.34. The molecule has 0 unspecified atom stereocenters. The van der Waals surface area contributed by atoms with E-state index >= 15 is 0 Å². The maximum atomic E-state index is 12.2. The second-order valence-electron chi connectivity index (χ2n) is 4.71. The quantitative estimate of drug-likeness (QED) is 0.871. The lowest BCUT2D eigenvalue weighted by molar-refractivity contribution is 0.0949. The van der Waals surface area contributed by atoms with E-state index in [0.717, 1.165) is 10.9 Å². The molecule has 2 N–H and O–H groups in total. The Balaban J connectivity index is 1.81. The number of benzene rings is 1. The van der Waals surface area contributed by atoms with Gasteiger partial charge in [-0.3, -0.25) is 14.3 Å². The summed E-state index contributed by atoms with van der Waals surface area (Å²) in [5.74, 6) is -0.520. The summed E-state index contributed by atoms with van der Waals surface area (Å²) in [6.45, 7) is 1.25. The Kier molecular flexibility index (Phi) is 3.74. The summed E-state index contributed by atoms with van der Waals surface area (Å²) in [5.41, 5.74) is 1.34. The van der Waals surface area contributed by atoms with Crippen LogP contribution in [0.2, 0.25) is 0 Å². The van der Waals surface area contributed by atoms with Crippen molar-refractivity contribution in [3.8, 4) is 0 Å². The molecule has 0 atom stereocenters. The van der Waals surface area contributed by atoms with E-state index in [1.807, 2.05) is 12.1 Å². The second kappa shape index (κ2) is 5.69. The minimum absolute atomic E-state index is 0.192. The smallest absolute Gasteiger partial charge is 0.276 e. The van der Waals surface area contributed by atoms with Gasteiger partial charge in [0.15, 0.2) is 5.69 Å². The van der Waals surface area contributed by atoms with Crippen LogP contribution in [0.4, 0.5) is 5.69 Å². The molecule has 108 valence electrons. The van der Waals surface area contributed by atoms with E-state index in [-0.39, 0.29) is 17.5 Å². The molecule has 2 amide bonds. The molecule has 0 saturated heterocycles. The number of amides is 2. The van der Waals surface area contributed by atoms with Gasteiger partial charge in [-0.15, -0.1) is 0 Å². The van der Waals surface area contributed by atoms with Crippen LogP contribution in [0, 0.1) is 0 Å². The van der Waals surface area contributed by atoms with Crippen LogP contribution in [0.5, 0.6) is 0 Å². The van der Waals surface area contributed by atoms with E-state index < -0.39 is 0 Å². The average molecular weight is 349 g/mol. The van der Waals surface area contributed by atoms with Crippen LogP contribution in [-0.4, -0.2) is 28.1 Å². The van der Waals surface area contributed by atoms with E-state index in [9.17, 15) is 9.59 Å². The number of rotatable bonds is 2. The minimum Gasteiger partial charge on any atom is -0.351 e. The molecule has 0 radical (unpaired) electrons. The van der Waals surface area contributed by atoms with Gasteiger partial charge >= 0.3 is 0 Å². The predicted octanol–water partition coefficient (Wildman–Crippen LogP) is 2.03. The summed E-state index contributed by atoms with van der Waals surface area (Å²) in [4.78, 5) is 24.0. The molecule has 1 aliphatic rings. The predicted molar refractivity (Wildman–Crippen MR) is 81.3 cm³/mol. The number of nitrogens with zero attached hydrogens (tertiary/aromatic N) is 2. The van der Waals surface area contributed by atoms with Crippen LogP contribution in [0.15, 0.2) is 34.8 Å². The molecular formula is C14H13BrN4O2. The molecule has 0 saturated carbocycles. The zero-order chi connectivity index (χ0) is 14.8. The van der Waals surface area contributed by atoms with Crippen molar-refractivity contribution in [3.05, 3.63) is 46.2 Å². The maximum Gasteiger partial charge on any atom is 0.276 e. The lowest BCUT2D eigenvalue weighted by Gasteiger charge is -2.03. The number of carbonyl (C=O) groups excluding carboxylic acids is 2. The minimum atomic E-state index is -0.328. The van der Waals surface area contributed by atoms with E-state index in [4.69, 9.17) is 0 Å². The lowest BCUT2D eigenvalue weighted by Crippen LogP contribution is -2.22. The molecule has 0 bridgehead atoms. The van der Waals surface area contributed by atoms with Crippen LogP contribution in [0.3, 0.4) is 0 Å². The first-order chi connectivity index (χ1) is 10.1. The molecule has 1 aromatic heterocycles. The van der Waals surface area contributed by atoms with Crippen molar-refractivity contribution in [2.45, 2.75) is 13.0 Å². The van der Waals surface area contributed by atoms with E-state index in [1.54, 1.807) is 16.8 Å². The van der Waals surface area contributed by atoms with Gasteiger partial charge in [0.2, 0.25) is 0 Å². The fourth-order valence-electron chi connectivity index (χ4n) is 2.13. The average Bonchev–Trinajstić information content (AvgIpc) is 2.83. The van der Waals surface area contributed by atoms with E-state index in [2.05, 4.69) is 31.7 Å². The molecule has 1 aromatic carbocycles. The zero-order valence-electron chi connectivity index (χ0n) is 11.1. The summed E-state index contributed by atoms with van der Waals surface area (Å²) in [7, 11) is 0. The van der Waals surface area contributed by atoms with Crippen molar-refractivity contribution >= 4 is 33.4 Å². The Morgan fingerprint density at radius 3 is 2.86 bits per heavy atom. The molecule has 0 spiro atoms. The molecule has 2 heterocycles. The van der Waals surface area contributed by atoms with Gasteiger partial charge in [0, 0.05) is 29.3 Å². The molecule has 0 aliphatic carbocycles. The van der Waals surface area contributed by atoms with Gasteiger partial charge in [0.25, 0.3) is 11.8 Å². The SMILES string of the molecule is O=C(Nc1ccc(Br)cc1)c1cc2n(n1)CCCNC2=O. The zero-order valence-corrected chi connectivity index (χ0v) is 12.7. The fourth-order valence-corrected chi connectivity index (χ4v) is 2.39. The topological polar surface area (TPSA) is 76.0 Å². The number of hydrogen-bond acceptors (Lipinski definition) is 3. The highest BCUT2D eigenvalue weighted by Crippen LogP contribution is 2.15. The highest BCUT2D eigenvalue weighted by Gasteiger charge is 2.20. The first kappa shape index (κ1) is 13.8. The van der Waals surface area contributed by atoms with Gasteiger partial charge in [-0.1, -0.05) is 15.9 Å². The highest BCUT2D eigenvalue weighted by molar-refractivity contribution is 9.10. The van der Waals surface area contributed by atoms with Crippen LogP contribution in [0.25, 0.3) is 0 Å². The Hall–Kier alpha value is -2.15. The fraction of sp³-hybridized carbons (Fsp3) is 0.214. The number of aromatic nitrogens is 2. The van der Waals surface area contributed by atoms with Gasteiger partial charge in [0.05, 0.1) is 0 Å². The number of nitrogens with one attached hydrogen (secondary N) is 2. The first-order valence-corrected chi connectivity index (χ1v) is 7.36. The lowest BCUT2D eigenvalue weighted by atomic mass is 10.3. The van der Waals surface area contributed by atoms with Crippen molar-refractivity contribution in [3.63, 3.8) is 0 Å². The second-order valence-corrected chi connectivity index (χ2v) is 5.62. The van der Waals surface area contributed by atoms with Crippen molar-refractivity contribution in [1.82, 2.24) is 15.1 Å². The molecule has 1 aliphatic heterocycles. The third-order valence-corrected chi connectivity index (χ3v) is 3.71. The standard InChI is InChI=1S/C14H13BrN4O2/c15-9-2-4-10(5-3-9)17-13(20)11-8-12-14(21)16-6-1-7-19(12)18-11/h2-5,8H,1,6-7H2,(H,16,21)(H,17,20). The van der Waals surface area contributed by atoms with Crippen LogP contribution in [0.1, 0.15) is 27.4 Å². The molecule has 7 heteroatoms. The highest BCUT2D eigenvalue weighted by atomic mass is 79.9. The van der Waals surface area contributed by atoms with Crippen LogP contribution in [-0.2, 0) is 6.54 Å². The maximum absolute atomic E-state index is 12.2. The largest absolute Gasteiger partial charge is 0.351 e. The summed E-state index contributed by atoms with van der Waals surface area (Å²) < 4.78 is 2.52. The Morgan fingerprint density at radius 2 is 2.10 bits per heavy atom. The Bertz CT molecular complexity index is 693. The van der Waals surface area contributed by atoms with Crippen molar-refractivity contribution in [2.75, 3.05) is 11.9 Å². The molecule has 2 aromatic rings. The number of anilines is 1. The van der Waals surface area contributed by atoms with Gasteiger partial charge in [-0.2, -0.15) is 5.10 Å². The Morgan fingerprint density at radius 1 is 1.33 bits per heavy atom. The number of halogens is 1. The van der Waals surface area contributed by atoms with E-state index in [1.165, 1.54) is 6.07 Å². The number of aryl methyl sites for hydroxylation is 1. The molecule has 0 fully saturated rings. The third kappa shape index (κ3) is 2.97. The van der Waals surface area contributed by atoms with Crippen LogP contribution < -0.4 is 10.6 Å². The monoisotopic (exact) mass is 348 g/mol. The summed E-state index contributed by atoms with van der Waals surface area (Å²) in [6.07, 6.45) is 0.800. The van der Waals surface area contributed by atoms with Gasteiger partial charge in [-0.05, 0) is 30.7 Å². The number of carbonyl (C=O) groups is 2. The molecule has 3 rings (SSSR count).